The molecule has 0 radical (unpaired) electrons. The van der Waals surface area contributed by atoms with Crippen LogP contribution in [-0.4, -0.2) is 22.1 Å². The number of amides is 1. The number of nitrogens with one attached hydrogen (secondary N) is 3. The van der Waals surface area contributed by atoms with Gasteiger partial charge in [-0.3, -0.25) is 9.89 Å². The van der Waals surface area contributed by atoms with Crippen LogP contribution in [0.3, 0.4) is 0 Å². The van der Waals surface area contributed by atoms with E-state index in [-0.39, 0.29) is 18.0 Å². The van der Waals surface area contributed by atoms with E-state index in [1.165, 1.54) is 0 Å². The van der Waals surface area contributed by atoms with E-state index < -0.39 is 0 Å². The number of H-pyrrole nitrogens is 1. The number of rotatable bonds is 5. The van der Waals surface area contributed by atoms with Crippen LogP contribution in [0.4, 0.5) is 5.69 Å². The van der Waals surface area contributed by atoms with Crippen molar-refractivity contribution >= 4 is 11.6 Å². The largest absolute Gasteiger partial charge is 0.377 e. The van der Waals surface area contributed by atoms with Crippen molar-refractivity contribution in [3.8, 4) is 0 Å². The summed E-state index contributed by atoms with van der Waals surface area (Å²) in [6.07, 6.45) is 1.73. The summed E-state index contributed by atoms with van der Waals surface area (Å²) in [6.45, 7) is 5.94. The third kappa shape index (κ3) is 3.60. The van der Waals surface area contributed by atoms with Crippen LogP contribution in [0.1, 0.15) is 42.9 Å². The van der Waals surface area contributed by atoms with E-state index in [1.54, 1.807) is 6.20 Å². The smallest absolute Gasteiger partial charge is 0.251 e. The molecule has 0 saturated heterocycles. The van der Waals surface area contributed by atoms with Crippen molar-refractivity contribution in [2.45, 2.75) is 32.9 Å². The fraction of sp³-hybridized carbons (Fsp3) is 0.333. The van der Waals surface area contributed by atoms with E-state index in [1.807, 2.05) is 51.1 Å². The van der Waals surface area contributed by atoms with Gasteiger partial charge in [0.05, 0.1) is 11.7 Å². The highest BCUT2D eigenvalue weighted by molar-refractivity contribution is 5.94. The Morgan fingerprint density at radius 1 is 1.15 bits per heavy atom. The van der Waals surface area contributed by atoms with E-state index in [4.69, 9.17) is 0 Å². The zero-order valence-electron chi connectivity index (χ0n) is 12.0. The van der Waals surface area contributed by atoms with Gasteiger partial charge in [0.15, 0.2) is 0 Å². The number of carbonyl (C=O) groups excluding carboxylic acids is 1. The Kier molecular flexibility index (Phi) is 4.40. The molecule has 106 valence electrons. The van der Waals surface area contributed by atoms with Crippen molar-refractivity contribution in [3.05, 3.63) is 47.8 Å². The second-order valence-corrected chi connectivity index (χ2v) is 5.08. The summed E-state index contributed by atoms with van der Waals surface area (Å²) in [5.41, 5.74) is 2.65. The fourth-order valence-corrected chi connectivity index (χ4v) is 1.90. The van der Waals surface area contributed by atoms with Gasteiger partial charge in [0.2, 0.25) is 0 Å². The van der Waals surface area contributed by atoms with E-state index >= 15 is 0 Å². The van der Waals surface area contributed by atoms with Gasteiger partial charge in [0.1, 0.15) is 0 Å². The van der Waals surface area contributed by atoms with Crippen molar-refractivity contribution < 1.29 is 4.79 Å². The zero-order valence-corrected chi connectivity index (χ0v) is 12.0. The molecule has 1 aromatic heterocycles. The normalized spacial score (nSPS) is 12.2. The number of hydrogen-bond donors (Lipinski definition) is 3. The Hall–Kier alpha value is -2.30. The monoisotopic (exact) mass is 272 g/mol. The Labute approximate surface area is 118 Å². The van der Waals surface area contributed by atoms with Crippen LogP contribution in [0.25, 0.3) is 0 Å². The summed E-state index contributed by atoms with van der Waals surface area (Å²) in [5.74, 6) is -0.0480. The minimum absolute atomic E-state index is 0.0480. The number of aromatic nitrogens is 2. The molecule has 20 heavy (non-hydrogen) atoms. The molecule has 0 spiro atoms. The van der Waals surface area contributed by atoms with Gasteiger partial charge in [0, 0.05) is 23.5 Å². The van der Waals surface area contributed by atoms with Gasteiger partial charge in [-0.1, -0.05) is 0 Å². The summed E-state index contributed by atoms with van der Waals surface area (Å²) in [6, 6.07) is 9.65. The molecule has 1 aromatic carbocycles. The molecule has 1 amide bonds. The molecule has 0 aliphatic carbocycles. The van der Waals surface area contributed by atoms with Gasteiger partial charge in [-0.15, -0.1) is 0 Å². The SMILES string of the molecule is CC(C)NC(=O)c1ccc(NC(C)c2ccn[nH]2)cc1. The lowest BCUT2D eigenvalue weighted by Gasteiger charge is -2.14. The van der Waals surface area contributed by atoms with Crippen LogP contribution in [0, 0.1) is 0 Å². The summed E-state index contributed by atoms with van der Waals surface area (Å²) in [4.78, 5) is 11.8. The van der Waals surface area contributed by atoms with Crippen LogP contribution in [0.2, 0.25) is 0 Å². The first kappa shape index (κ1) is 14.1. The molecule has 1 atom stereocenters. The summed E-state index contributed by atoms with van der Waals surface area (Å²) in [7, 11) is 0. The van der Waals surface area contributed by atoms with Gasteiger partial charge >= 0.3 is 0 Å². The molecule has 3 N–H and O–H groups in total. The number of hydrogen-bond acceptors (Lipinski definition) is 3. The van der Waals surface area contributed by atoms with E-state index in [0.717, 1.165) is 11.4 Å². The molecule has 2 rings (SSSR count). The molecule has 0 fully saturated rings. The Morgan fingerprint density at radius 2 is 1.85 bits per heavy atom. The average Bonchev–Trinajstić information content (AvgIpc) is 2.92. The van der Waals surface area contributed by atoms with Crippen LogP contribution in [0.15, 0.2) is 36.5 Å². The predicted molar refractivity (Wildman–Crippen MR) is 79.7 cm³/mol. The van der Waals surface area contributed by atoms with Crippen LogP contribution >= 0.6 is 0 Å². The summed E-state index contributed by atoms with van der Waals surface area (Å²) >= 11 is 0. The molecule has 1 unspecified atom stereocenters. The molecule has 0 bridgehead atoms. The van der Waals surface area contributed by atoms with Crippen molar-refractivity contribution in [2.75, 3.05) is 5.32 Å². The van der Waals surface area contributed by atoms with E-state index in [2.05, 4.69) is 20.8 Å². The molecular formula is C15H20N4O. The lowest BCUT2D eigenvalue weighted by Crippen LogP contribution is -2.29. The fourth-order valence-electron chi connectivity index (χ4n) is 1.90. The highest BCUT2D eigenvalue weighted by Crippen LogP contribution is 2.17. The van der Waals surface area contributed by atoms with Crippen LogP contribution in [-0.2, 0) is 0 Å². The molecule has 0 aliphatic rings. The topological polar surface area (TPSA) is 69.8 Å². The zero-order chi connectivity index (χ0) is 14.5. The van der Waals surface area contributed by atoms with E-state index in [9.17, 15) is 4.79 Å². The van der Waals surface area contributed by atoms with E-state index in [0.29, 0.717) is 5.56 Å². The maximum atomic E-state index is 11.8. The highest BCUT2D eigenvalue weighted by atomic mass is 16.1. The first-order valence-electron chi connectivity index (χ1n) is 6.73. The van der Waals surface area contributed by atoms with Crippen LogP contribution < -0.4 is 10.6 Å². The quantitative estimate of drug-likeness (QED) is 0.783. The first-order chi connectivity index (χ1) is 9.56. The first-order valence-corrected chi connectivity index (χ1v) is 6.73. The van der Waals surface area contributed by atoms with Crippen molar-refractivity contribution in [1.29, 1.82) is 0 Å². The summed E-state index contributed by atoms with van der Waals surface area (Å²) in [5, 5.41) is 13.1. The molecule has 1 heterocycles. The molecule has 5 nitrogen and oxygen atoms in total. The Morgan fingerprint density at radius 3 is 2.40 bits per heavy atom. The third-order valence-corrected chi connectivity index (χ3v) is 2.94. The summed E-state index contributed by atoms with van der Waals surface area (Å²) < 4.78 is 0. The maximum Gasteiger partial charge on any atom is 0.251 e. The van der Waals surface area contributed by atoms with Crippen molar-refractivity contribution in [3.63, 3.8) is 0 Å². The molecule has 5 heteroatoms. The number of benzene rings is 1. The minimum Gasteiger partial charge on any atom is -0.377 e. The number of aromatic amines is 1. The van der Waals surface area contributed by atoms with Gasteiger partial charge in [-0.05, 0) is 51.1 Å². The minimum atomic E-state index is -0.0480. The van der Waals surface area contributed by atoms with Crippen molar-refractivity contribution in [1.82, 2.24) is 15.5 Å². The average molecular weight is 272 g/mol. The second kappa shape index (κ2) is 6.23. The van der Waals surface area contributed by atoms with Gasteiger partial charge in [-0.25, -0.2) is 0 Å². The van der Waals surface area contributed by atoms with Gasteiger partial charge in [0.25, 0.3) is 5.91 Å². The highest BCUT2D eigenvalue weighted by Gasteiger charge is 2.08. The van der Waals surface area contributed by atoms with Gasteiger partial charge < -0.3 is 10.6 Å². The standard InChI is InChI=1S/C15H20N4O/c1-10(2)17-15(20)12-4-6-13(7-5-12)18-11(3)14-8-9-16-19-14/h4-11,18H,1-3H3,(H,16,19)(H,17,20). The van der Waals surface area contributed by atoms with Crippen molar-refractivity contribution in [2.24, 2.45) is 0 Å². The molecule has 0 aliphatic heterocycles. The Bertz CT molecular complexity index is 546. The predicted octanol–water partition coefficient (Wildman–Crippen LogP) is 2.72. The number of nitrogens with zero attached hydrogens (tertiary/aromatic N) is 1. The maximum absolute atomic E-state index is 11.8. The molecule has 2 aromatic rings. The number of carbonyl (C=O) groups is 1. The second-order valence-electron chi connectivity index (χ2n) is 5.08. The Balaban J connectivity index is 1.99. The van der Waals surface area contributed by atoms with Crippen LogP contribution in [0.5, 0.6) is 0 Å². The lowest BCUT2D eigenvalue weighted by atomic mass is 10.1. The third-order valence-electron chi connectivity index (χ3n) is 2.94. The number of anilines is 1. The van der Waals surface area contributed by atoms with Gasteiger partial charge in [-0.2, -0.15) is 5.10 Å². The molecular weight excluding hydrogens is 252 g/mol. The lowest BCUT2D eigenvalue weighted by molar-refractivity contribution is 0.0943. The molecule has 0 saturated carbocycles.